The molecule has 0 unspecified atom stereocenters. The summed E-state index contributed by atoms with van der Waals surface area (Å²) in [6, 6.07) is 14.9. The second-order valence-electron chi connectivity index (χ2n) is 3.63. The average molecular weight is 323 g/mol. The molecule has 0 spiro atoms. The number of halogens is 2. The van der Waals surface area contributed by atoms with Crippen molar-refractivity contribution >= 4 is 27.5 Å². The van der Waals surface area contributed by atoms with Crippen LogP contribution in [0, 0.1) is 11.3 Å². The molecule has 4 heteroatoms. The van der Waals surface area contributed by atoms with Crippen LogP contribution in [0.2, 0.25) is 5.02 Å². The van der Waals surface area contributed by atoms with E-state index in [0.717, 1.165) is 10.0 Å². The van der Waals surface area contributed by atoms with Crippen LogP contribution in [-0.2, 0) is 6.61 Å². The lowest BCUT2D eigenvalue weighted by Gasteiger charge is -2.08. The lowest BCUT2D eigenvalue weighted by Crippen LogP contribution is -1.96. The van der Waals surface area contributed by atoms with Crippen LogP contribution in [0.1, 0.15) is 11.1 Å². The van der Waals surface area contributed by atoms with E-state index in [4.69, 9.17) is 21.6 Å². The van der Waals surface area contributed by atoms with Gasteiger partial charge in [-0.25, -0.2) is 0 Å². The van der Waals surface area contributed by atoms with Gasteiger partial charge < -0.3 is 4.74 Å². The van der Waals surface area contributed by atoms with Gasteiger partial charge in [0.15, 0.2) is 0 Å². The molecule has 2 aromatic carbocycles. The van der Waals surface area contributed by atoms with Crippen LogP contribution in [0.3, 0.4) is 0 Å². The fourth-order valence-electron chi connectivity index (χ4n) is 1.45. The second kappa shape index (κ2) is 5.90. The van der Waals surface area contributed by atoms with E-state index in [1.54, 1.807) is 18.2 Å². The summed E-state index contributed by atoms with van der Waals surface area (Å²) in [4.78, 5) is 0. The molecule has 18 heavy (non-hydrogen) atoms. The maximum atomic E-state index is 8.77. The minimum Gasteiger partial charge on any atom is -0.489 e. The highest BCUT2D eigenvalue weighted by Gasteiger charge is 2.03. The van der Waals surface area contributed by atoms with Crippen LogP contribution in [0.25, 0.3) is 0 Å². The molecule has 0 N–H and O–H groups in total. The summed E-state index contributed by atoms with van der Waals surface area (Å²) in [7, 11) is 0. The van der Waals surface area contributed by atoms with Gasteiger partial charge in [-0.3, -0.25) is 0 Å². The van der Waals surface area contributed by atoms with Crippen molar-refractivity contribution in [1.82, 2.24) is 0 Å². The van der Waals surface area contributed by atoms with Gasteiger partial charge in [-0.1, -0.05) is 45.7 Å². The molecule has 0 saturated carbocycles. The molecule has 0 heterocycles. The third kappa shape index (κ3) is 3.04. The van der Waals surface area contributed by atoms with Crippen LogP contribution in [-0.4, -0.2) is 0 Å². The van der Waals surface area contributed by atoms with Crippen LogP contribution < -0.4 is 4.74 Å². The van der Waals surface area contributed by atoms with Gasteiger partial charge in [0.2, 0.25) is 0 Å². The first-order valence-corrected chi connectivity index (χ1v) is 6.43. The fourth-order valence-corrected chi connectivity index (χ4v) is 2.06. The van der Waals surface area contributed by atoms with Gasteiger partial charge in [0.05, 0.1) is 10.6 Å². The van der Waals surface area contributed by atoms with E-state index in [2.05, 4.69) is 15.9 Å². The van der Waals surface area contributed by atoms with Crippen molar-refractivity contribution in [3.63, 3.8) is 0 Å². The lowest BCUT2D eigenvalue weighted by atomic mass is 10.2. The molecular formula is C14H9BrClNO. The monoisotopic (exact) mass is 321 g/mol. The highest BCUT2D eigenvalue weighted by atomic mass is 79.9. The van der Waals surface area contributed by atoms with E-state index in [1.165, 1.54) is 0 Å². The standard InChI is InChI=1S/C14H9BrClNO/c15-13-4-2-1-3-11(13)9-18-12-6-5-10(8-17)14(16)7-12/h1-7H,9H2. The van der Waals surface area contributed by atoms with Crippen molar-refractivity contribution in [2.24, 2.45) is 0 Å². The van der Waals surface area contributed by atoms with E-state index in [0.29, 0.717) is 22.9 Å². The number of rotatable bonds is 3. The Hall–Kier alpha value is -1.50. The van der Waals surface area contributed by atoms with Gasteiger partial charge in [-0.15, -0.1) is 0 Å². The zero-order valence-corrected chi connectivity index (χ0v) is 11.7. The molecular weight excluding hydrogens is 314 g/mol. The molecule has 2 aromatic rings. The van der Waals surface area contributed by atoms with Crippen LogP contribution >= 0.6 is 27.5 Å². The largest absolute Gasteiger partial charge is 0.489 e. The van der Waals surface area contributed by atoms with Crippen molar-refractivity contribution in [3.05, 3.63) is 63.1 Å². The van der Waals surface area contributed by atoms with Crippen molar-refractivity contribution in [3.8, 4) is 11.8 Å². The van der Waals surface area contributed by atoms with Gasteiger partial charge in [0.1, 0.15) is 18.4 Å². The third-order valence-electron chi connectivity index (χ3n) is 2.41. The number of nitrogens with zero attached hydrogens (tertiary/aromatic N) is 1. The minimum absolute atomic E-state index is 0.405. The SMILES string of the molecule is N#Cc1ccc(OCc2ccccc2Br)cc1Cl. The summed E-state index contributed by atoms with van der Waals surface area (Å²) < 4.78 is 6.63. The van der Waals surface area contributed by atoms with E-state index in [-0.39, 0.29) is 0 Å². The number of hydrogen-bond donors (Lipinski definition) is 0. The van der Waals surface area contributed by atoms with Gasteiger partial charge in [-0.05, 0) is 18.2 Å². The number of hydrogen-bond acceptors (Lipinski definition) is 2. The van der Waals surface area contributed by atoms with Crippen LogP contribution in [0.15, 0.2) is 46.9 Å². The predicted molar refractivity (Wildman–Crippen MR) is 74.6 cm³/mol. The summed E-state index contributed by atoms with van der Waals surface area (Å²) >= 11 is 9.39. The van der Waals surface area contributed by atoms with E-state index >= 15 is 0 Å². The molecule has 0 aliphatic carbocycles. The Morgan fingerprint density at radius 2 is 2.00 bits per heavy atom. The summed E-state index contributed by atoms with van der Waals surface area (Å²) in [6.45, 7) is 0.448. The molecule has 0 aliphatic heterocycles. The molecule has 0 fully saturated rings. The summed E-state index contributed by atoms with van der Waals surface area (Å²) in [5, 5.41) is 9.18. The summed E-state index contributed by atoms with van der Waals surface area (Å²) in [5.41, 5.74) is 1.50. The highest BCUT2D eigenvalue weighted by molar-refractivity contribution is 9.10. The summed E-state index contributed by atoms with van der Waals surface area (Å²) in [6.07, 6.45) is 0. The maximum absolute atomic E-state index is 8.77. The van der Waals surface area contributed by atoms with E-state index in [1.807, 2.05) is 30.3 Å². The Morgan fingerprint density at radius 1 is 1.22 bits per heavy atom. The van der Waals surface area contributed by atoms with E-state index < -0.39 is 0 Å². The molecule has 0 bridgehead atoms. The Balaban J connectivity index is 2.10. The van der Waals surface area contributed by atoms with E-state index in [9.17, 15) is 0 Å². The lowest BCUT2D eigenvalue weighted by molar-refractivity contribution is 0.305. The van der Waals surface area contributed by atoms with Crippen molar-refractivity contribution in [1.29, 1.82) is 5.26 Å². The van der Waals surface area contributed by atoms with Gasteiger partial charge in [0.25, 0.3) is 0 Å². The van der Waals surface area contributed by atoms with Crippen LogP contribution in [0.5, 0.6) is 5.75 Å². The second-order valence-corrected chi connectivity index (χ2v) is 4.90. The number of benzene rings is 2. The Bertz CT molecular complexity index is 607. The van der Waals surface area contributed by atoms with Crippen molar-refractivity contribution < 1.29 is 4.74 Å². The molecule has 0 aliphatic rings. The molecule has 0 atom stereocenters. The molecule has 0 radical (unpaired) electrons. The average Bonchev–Trinajstić information content (AvgIpc) is 2.38. The normalized spacial score (nSPS) is 9.83. The Kier molecular flexibility index (Phi) is 4.24. The Morgan fingerprint density at radius 3 is 2.67 bits per heavy atom. The predicted octanol–water partition coefficient (Wildman–Crippen LogP) is 4.55. The fraction of sp³-hybridized carbons (Fsp3) is 0.0714. The molecule has 0 aromatic heterocycles. The zero-order chi connectivity index (χ0) is 13.0. The number of ether oxygens (including phenoxy) is 1. The van der Waals surface area contributed by atoms with Gasteiger partial charge in [0, 0.05) is 16.1 Å². The smallest absolute Gasteiger partial charge is 0.121 e. The maximum Gasteiger partial charge on any atom is 0.121 e. The molecule has 0 amide bonds. The first kappa shape index (κ1) is 12.9. The zero-order valence-electron chi connectivity index (χ0n) is 9.36. The highest BCUT2D eigenvalue weighted by Crippen LogP contribution is 2.24. The van der Waals surface area contributed by atoms with Gasteiger partial charge in [-0.2, -0.15) is 5.26 Å². The number of nitriles is 1. The first-order chi connectivity index (χ1) is 8.70. The Labute approximate surface area is 119 Å². The topological polar surface area (TPSA) is 33.0 Å². The first-order valence-electron chi connectivity index (χ1n) is 5.26. The van der Waals surface area contributed by atoms with Crippen LogP contribution in [0.4, 0.5) is 0 Å². The minimum atomic E-state index is 0.405. The van der Waals surface area contributed by atoms with Crippen molar-refractivity contribution in [2.75, 3.05) is 0 Å². The van der Waals surface area contributed by atoms with Crippen molar-refractivity contribution in [2.45, 2.75) is 6.61 Å². The third-order valence-corrected chi connectivity index (χ3v) is 3.50. The quantitative estimate of drug-likeness (QED) is 0.830. The molecule has 2 nitrogen and oxygen atoms in total. The molecule has 2 rings (SSSR count). The molecule has 90 valence electrons. The molecule has 0 saturated heterocycles. The summed E-state index contributed by atoms with van der Waals surface area (Å²) in [5.74, 6) is 0.648. The van der Waals surface area contributed by atoms with Gasteiger partial charge >= 0.3 is 0 Å².